The molecule has 162 valence electrons. The van der Waals surface area contributed by atoms with Crippen molar-refractivity contribution >= 4 is 50.2 Å². The van der Waals surface area contributed by atoms with E-state index in [0.29, 0.717) is 10.6 Å². The lowest BCUT2D eigenvalue weighted by atomic mass is 9.92. The van der Waals surface area contributed by atoms with Gasteiger partial charge in [-0.2, -0.15) is 13.2 Å². The van der Waals surface area contributed by atoms with Crippen LogP contribution in [0.3, 0.4) is 0 Å². The highest BCUT2D eigenvalue weighted by molar-refractivity contribution is 6.20. The van der Waals surface area contributed by atoms with Gasteiger partial charge in [-0.3, -0.25) is 0 Å². The molecule has 0 saturated carbocycles. The molecule has 0 aliphatic rings. The first-order valence-electron chi connectivity index (χ1n) is 10.7. The summed E-state index contributed by atoms with van der Waals surface area (Å²) in [5, 5.41) is 4.15. The van der Waals surface area contributed by atoms with Crippen LogP contribution in [0.4, 0.5) is 13.2 Å². The predicted octanol–water partition coefficient (Wildman–Crippen LogP) is 7.73. The van der Waals surface area contributed by atoms with E-state index in [2.05, 4.69) is 43.0 Å². The SMILES string of the molecule is C=c1c2c(C)c(C)cc(C)c2n2c3c(C)cccc3c3ccc(/C(=C\C)C(F)(F)F)c1c32. The number of fused-ring (bicyclic) bond motifs is 5. The normalized spacial score (nSPS) is 13.3. The Bertz CT molecular complexity index is 1660. The topological polar surface area (TPSA) is 4.41 Å². The third-order valence-corrected chi connectivity index (χ3v) is 6.87. The minimum absolute atomic E-state index is 0.184. The minimum Gasteiger partial charge on any atom is -0.307 e. The van der Waals surface area contributed by atoms with Crippen LogP contribution in [0.5, 0.6) is 0 Å². The fourth-order valence-electron chi connectivity index (χ4n) is 5.41. The summed E-state index contributed by atoms with van der Waals surface area (Å²) < 4.78 is 44.3. The monoisotopic (exact) mass is 431 g/mol. The summed E-state index contributed by atoms with van der Waals surface area (Å²) in [7, 11) is 0. The Morgan fingerprint density at radius 1 is 0.844 bits per heavy atom. The van der Waals surface area contributed by atoms with Crippen molar-refractivity contribution in [1.82, 2.24) is 4.40 Å². The summed E-state index contributed by atoms with van der Waals surface area (Å²) in [5.41, 5.74) is 6.75. The van der Waals surface area contributed by atoms with Crippen LogP contribution in [0.2, 0.25) is 0 Å². The number of halogens is 3. The first-order chi connectivity index (χ1) is 15.1. The summed E-state index contributed by atoms with van der Waals surface area (Å²) in [4.78, 5) is 0. The highest BCUT2D eigenvalue weighted by atomic mass is 19.4. The summed E-state index contributed by atoms with van der Waals surface area (Å²) in [5.74, 6) is 0. The van der Waals surface area contributed by atoms with E-state index in [1.165, 1.54) is 6.92 Å². The van der Waals surface area contributed by atoms with Gasteiger partial charge >= 0.3 is 6.18 Å². The van der Waals surface area contributed by atoms with Gasteiger partial charge in [0.25, 0.3) is 0 Å². The maximum absolute atomic E-state index is 14.0. The molecule has 5 aromatic rings. The summed E-state index contributed by atoms with van der Waals surface area (Å²) in [6.07, 6.45) is -3.29. The smallest absolute Gasteiger partial charge is 0.307 e. The Hall–Kier alpha value is -3.27. The molecule has 5 rings (SSSR count). The van der Waals surface area contributed by atoms with Crippen LogP contribution in [0, 0.1) is 27.7 Å². The lowest BCUT2D eigenvalue weighted by molar-refractivity contribution is -0.0689. The standard InChI is InChI=1S/C28H24F3N/c1-7-22(28(29,30)31)21-12-11-20-19-10-8-9-14(2)25(19)32-26-16(4)13-15(3)17(5)23(26)18(6)24(21)27(20)32/h7-13H,6H2,1-5H3/b22-7+. The van der Waals surface area contributed by atoms with Gasteiger partial charge in [-0.25, -0.2) is 0 Å². The van der Waals surface area contributed by atoms with Crippen LogP contribution in [0.25, 0.3) is 50.2 Å². The van der Waals surface area contributed by atoms with E-state index in [-0.39, 0.29) is 5.56 Å². The maximum atomic E-state index is 14.0. The van der Waals surface area contributed by atoms with E-state index in [0.717, 1.165) is 61.0 Å². The number of hydrogen-bond acceptors (Lipinski definition) is 0. The van der Waals surface area contributed by atoms with Crippen LogP contribution in [-0.4, -0.2) is 10.6 Å². The average molecular weight is 432 g/mol. The lowest BCUT2D eigenvalue weighted by Gasteiger charge is -2.19. The number of alkyl halides is 3. The number of benzene rings is 3. The molecule has 0 aliphatic carbocycles. The second-order valence-corrected chi connectivity index (χ2v) is 8.73. The number of hydrogen-bond donors (Lipinski definition) is 0. The first-order valence-corrected chi connectivity index (χ1v) is 10.7. The highest BCUT2D eigenvalue weighted by Gasteiger charge is 2.35. The van der Waals surface area contributed by atoms with Crippen LogP contribution < -0.4 is 5.22 Å². The van der Waals surface area contributed by atoms with Crippen molar-refractivity contribution in [2.24, 2.45) is 0 Å². The molecule has 4 heteroatoms. The molecule has 0 saturated heterocycles. The second-order valence-electron chi connectivity index (χ2n) is 8.73. The molecular weight excluding hydrogens is 407 g/mol. The first kappa shape index (κ1) is 20.6. The van der Waals surface area contributed by atoms with Crippen LogP contribution >= 0.6 is 0 Å². The number of para-hydroxylation sites is 1. The quantitative estimate of drug-likeness (QED) is 0.239. The van der Waals surface area contributed by atoms with E-state index < -0.39 is 11.7 Å². The summed E-state index contributed by atoms with van der Waals surface area (Å²) >= 11 is 0. The number of allylic oxidation sites excluding steroid dienone is 2. The number of nitrogens with zero attached hydrogens (tertiary/aromatic N) is 1. The molecule has 3 aromatic carbocycles. The van der Waals surface area contributed by atoms with Gasteiger partial charge in [-0.1, -0.05) is 49.1 Å². The van der Waals surface area contributed by atoms with Crippen molar-refractivity contribution in [3.05, 3.63) is 75.5 Å². The van der Waals surface area contributed by atoms with E-state index in [1.54, 1.807) is 6.07 Å². The van der Waals surface area contributed by atoms with Gasteiger partial charge in [0.1, 0.15) is 0 Å². The molecular formula is C28H24F3N. The fraction of sp³-hybridized carbons (Fsp3) is 0.214. The van der Waals surface area contributed by atoms with Gasteiger partial charge < -0.3 is 4.40 Å². The van der Waals surface area contributed by atoms with Crippen LogP contribution in [0.15, 0.2) is 42.5 Å². The van der Waals surface area contributed by atoms with Crippen molar-refractivity contribution in [2.45, 2.75) is 40.8 Å². The third-order valence-electron chi connectivity index (χ3n) is 6.87. The Balaban J connectivity index is 2.24. The zero-order valence-corrected chi connectivity index (χ0v) is 18.8. The highest BCUT2D eigenvalue weighted by Crippen LogP contribution is 2.42. The van der Waals surface area contributed by atoms with Gasteiger partial charge in [0, 0.05) is 21.5 Å². The minimum atomic E-state index is -4.45. The predicted molar refractivity (Wildman–Crippen MR) is 129 cm³/mol. The number of rotatable bonds is 1. The van der Waals surface area contributed by atoms with Crippen molar-refractivity contribution in [1.29, 1.82) is 0 Å². The van der Waals surface area contributed by atoms with Crippen LogP contribution in [0.1, 0.15) is 34.7 Å². The van der Waals surface area contributed by atoms with Gasteiger partial charge in [-0.15, -0.1) is 0 Å². The molecule has 0 unspecified atom stereocenters. The van der Waals surface area contributed by atoms with E-state index >= 15 is 0 Å². The van der Waals surface area contributed by atoms with E-state index in [9.17, 15) is 13.2 Å². The Morgan fingerprint density at radius 2 is 1.53 bits per heavy atom. The van der Waals surface area contributed by atoms with E-state index in [1.807, 2.05) is 26.0 Å². The maximum Gasteiger partial charge on any atom is 0.416 e. The second kappa shape index (κ2) is 6.61. The Labute approximate surface area is 184 Å². The van der Waals surface area contributed by atoms with Gasteiger partial charge in [-0.05, 0) is 67.7 Å². The number of pyridine rings is 1. The van der Waals surface area contributed by atoms with Crippen LogP contribution in [-0.2, 0) is 0 Å². The molecule has 0 spiro atoms. The lowest BCUT2D eigenvalue weighted by Crippen LogP contribution is -2.16. The molecule has 32 heavy (non-hydrogen) atoms. The number of aromatic nitrogens is 1. The Morgan fingerprint density at radius 3 is 2.19 bits per heavy atom. The fourth-order valence-corrected chi connectivity index (χ4v) is 5.41. The third kappa shape index (κ3) is 2.52. The molecule has 0 radical (unpaired) electrons. The molecule has 2 heterocycles. The Kier molecular flexibility index (Phi) is 4.26. The molecule has 0 amide bonds. The zero-order valence-electron chi connectivity index (χ0n) is 18.8. The van der Waals surface area contributed by atoms with Gasteiger partial charge in [0.05, 0.1) is 22.1 Å². The molecule has 0 atom stereocenters. The van der Waals surface area contributed by atoms with Gasteiger partial charge in [0.2, 0.25) is 0 Å². The van der Waals surface area contributed by atoms with Crippen molar-refractivity contribution in [3.8, 4) is 0 Å². The molecule has 0 N–H and O–H groups in total. The van der Waals surface area contributed by atoms with E-state index in [4.69, 9.17) is 0 Å². The molecule has 0 fully saturated rings. The molecule has 1 nitrogen and oxygen atoms in total. The van der Waals surface area contributed by atoms with Crippen molar-refractivity contribution in [3.63, 3.8) is 0 Å². The molecule has 2 aromatic heterocycles. The largest absolute Gasteiger partial charge is 0.416 e. The number of aryl methyl sites for hydroxylation is 4. The summed E-state index contributed by atoms with van der Waals surface area (Å²) in [6.45, 7) is 14.0. The van der Waals surface area contributed by atoms with Gasteiger partial charge in [0.15, 0.2) is 0 Å². The molecule has 0 bridgehead atoms. The van der Waals surface area contributed by atoms with Crippen molar-refractivity contribution in [2.75, 3.05) is 0 Å². The zero-order chi connectivity index (χ0) is 23.1. The summed E-state index contributed by atoms with van der Waals surface area (Å²) in [6, 6.07) is 11.7. The average Bonchev–Trinajstić information content (AvgIpc) is 3.05. The molecule has 0 aliphatic heterocycles. The van der Waals surface area contributed by atoms with Crippen molar-refractivity contribution < 1.29 is 13.2 Å².